The fourth-order valence-corrected chi connectivity index (χ4v) is 19.2. The fraction of sp³-hybridized carbons (Fsp3) is 1.00. The lowest BCUT2D eigenvalue weighted by molar-refractivity contribution is 0.144. The number of hydrogen-bond donors (Lipinski definition) is 1. The first-order chi connectivity index (χ1) is 8.43. The highest BCUT2D eigenvalue weighted by atomic mass is 31.2. The minimum Gasteiger partial charge on any atom is -0.327 e. The summed E-state index contributed by atoms with van der Waals surface area (Å²) in [6.07, 6.45) is 0. The first kappa shape index (κ1) is 21.0. The zero-order valence-electron chi connectivity index (χ0n) is 15.8. The predicted molar refractivity (Wildman–Crippen MR) is 103 cm³/mol. The molecule has 0 aromatic carbocycles. The molecule has 122 valence electrons. The van der Waals surface area contributed by atoms with Crippen LogP contribution in [0.15, 0.2) is 0 Å². The molecular formula is C13H37N2OPSi3. The fourth-order valence-electron chi connectivity index (χ4n) is 2.21. The van der Waals surface area contributed by atoms with Gasteiger partial charge in [0.15, 0.2) is 8.45 Å². The van der Waals surface area contributed by atoms with Crippen LogP contribution in [0.3, 0.4) is 0 Å². The molecule has 0 saturated carbocycles. The van der Waals surface area contributed by atoms with Crippen molar-refractivity contribution in [1.82, 2.24) is 8.75 Å². The molecular weight excluding hydrogens is 315 g/mol. The van der Waals surface area contributed by atoms with Crippen LogP contribution in [0.4, 0.5) is 0 Å². The largest absolute Gasteiger partial charge is 0.327 e. The van der Waals surface area contributed by atoms with Crippen LogP contribution in [-0.4, -0.2) is 34.3 Å². The lowest BCUT2D eigenvalue weighted by atomic mass is 10.2. The third kappa shape index (κ3) is 8.41. The van der Waals surface area contributed by atoms with E-state index in [1.807, 2.05) is 0 Å². The molecule has 0 saturated heterocycles. The van der Waals surface area contributed by atoms with Crippen LogP contribution < -0.4 is 4.75 Å². The van der Waals surface area contributed by atoms with E-state index in [-0.39, 0.29) is 5.60 Å². The van der Waals surface area contributed by atoms with Crippen LogP contribution in [0.25, 0.3) is 0 Å². The van der Waals surface area contributed by atoms with Crippen molar-refractivity contribution in [3.8, 4) is 0 Å². The summed E-state index contributed by atoms with van der Waals surface area (Å²) >= 11 is 0. The molecule has 0 fully saturated rings. The van der Waals surface area contributed by atoms with Crippen molar-refractivity contribution in [2.75, 3.05) is 0 Å². The Balaban J connectivity index is 5.54. The molecule has 7 heteroatoms. The van der Waals surface area contributed by atoms with Gasteiger partial charge in [-0.1, -0.05) is 58.9 Å². The molecule has 0 amide bonds. The highest BCUT2D eigenvalue weighted by molar-refractivity contribution is 7.55. The average molecular weight is 353 g/mol. The van der Waals surface area contributed by atoms with E-state index in [1.54, 1.807) is 0 Å². The van der Waals surface area contributed by atoms with E-state index in [2.05, 4.69) is 88.4 Å². The number of hydrogen-bond acceptors (Lipinski definition) is 3. The number of nitrogens with zero attached hydrogens (tertiary/aromatic N) is 1. The van der Waals surface area contributed by atoms with E-state index in [0.29, 0.717) is 0 Å². The summed E-state index contributed by atoms with van der Waals surface area (Å²) in [5, 5.41) is 0. The van der Waals surface area contributed by atoms with Crippen molar-refractivity contribution in [3.63, 3.8) is 0 Å². The second-order valence-electron chi connectivity index (χ2n) is 9.49. The van der Waals surface area contributed by atoms with E-state index in [0.717, 1.165) is 0 Å². The molecule has 1 unspecified atom stereocenters. The van der Waals surface area contributed by atoms with Gasteiger partial charge in [-0.25, -0.2) is 0 Å². The third-order valence-electron chi connectivity index (χ3n) is 2.24. The molecule has 1 N–H and O–H groups in total. The van der Waals surface area contributed by atoms with Crippen LogP contribution in [0.2, 0.25) is 58.9 Å². The molecule has 0 aliphatic heterocycles. The van der Waals surface area contributed by atoms with Crippen LogP contribution in [0.5, 0.6) is 0 Å². The van der Waals surface area contributed by atoms with Gasteiger partial charge in [0.05, 0.1) is 5.60 Å². The van der Waals surface area contributed by atoms with Crippen LogP contribution >= 0.6 is 8.45 Å². The Morgan fingerprint density at radius 1 is 0.800 bits per heavy atom. The van der Waals surface area contributed by atoms with Crippen molar-refractivity contribution in [3.05, 3.63) is 0 Å². The monoisotopic (exact) mass is 352 g/mol. The Labute approximate surface area is 132 Å². The molecule has 0 radical (unpaired) electrons. The topological polar surface area (TPSA) is 24.5 Å². The molecule has 0 aliphatic carbocycles. The van der Waals surface area contributed by atoms with Crippen molar-refractivity contribution in [1.29, 1.82) is 0 Å². The van der Waals surface area contributed by atoms with Gasteiger partial charge in [0.1, 0.15) is 24.7 Å². The van der Waals surface area contributed by atoms with Gasteiger partial charge >= 0.3 is 0 Å². The SMILES string of the molecule is CC(C)(C)OP(N[Si](C)(C)C)N([Si](C)(C)C)[Si](C)(C)C. The molecule has 0 bridgehead atoms. The van der Waals surface area contributed by atoms with Gasteiger partial charge in [-0.3, -0.25) is 8.75 Å². The highest BCUT2D eigenvalue weighted by Gasteiger charge is 2.43. The van der Waals surface area contributed by atoms with Crippen molar-refractivity contribution in [2.24, 2.45) is 0 Å². The van der Waals surface area contributed by atoms with Gasteiger partial charge in [-0.05, 0) is 20.8 Å². The summed E-state index contributed by atoms with van der Waals surface area (Å²) in [4.78, 5) is 0. The average Bonchev–Trinajstić information content (AvgIpc) is 1.87. The zero-order chi connectivity index (χ0) is 16.6. The summed E-state index contributed by atoms with van der Waals surface area (Å²) in [5.41, 5.74) is -0.101. The summed E-state index contributed by atoms with van der Waals surface area (Å²) in [6.45, 7) is 28.2. The van der Waals surface area contributed by atoms with Gasteiger partial charge in [0, 0.05) is 0 Å². The Morgan fingerprint density at radius 3 is 1.35 bits per heavy atom. The van der Waals surface area contributed by atoms with Gasteiger partial charge < -0.3 is 4.52 Å². The summed E-state index contributed by atoms with van der Waals surface area (Å²) in [5.74, 6) is 0. The molecule has 1 atom stereocenters. The molecule has 0 aromatic rings. The first-order valence-electron chi connectivity index (χ1n) is 7.51. The van der Waals surface area contributed by atoms with Crippen molar-refractivity contribution < 1.29 is 4.52 Å². The lowest BCUT2D eigenvalue weighted by Crippen LogP contribution is -2.59. The Morgan fingerprint density at radius 2 is 1.15 bits per heavy atom. The van der Waals surface area contributed by atoms with E-state index in [4.69, 9.17) is 4.52 Å². The highest BCUT2D eigenvalue weighted by Crippen LogP contribution is 2.49. The third-order valence-corrected chi connectivity index (χ3v) is 18.0. The molecule has 20 heavy (non-hydrogen) atoms. The maximum Gasteiger partial charge on any atom is 0.164 e. The maximum atomic E-state index is 6.51. The van der Waals surface area contributed by atoms with E-state index < -0.39 is 33.2 Å². The second kappa shape index (κ2) is 6.61. The van der Waals surface area contributed by atoms with Crippen LogP contribution in [0.1, 0.15) is 20.8 Å². The van der Waals surface area contributed by atoms with Gasteiger partial charge in [0.2, 0.25) is 0 Å². The van der Waals surface area contributed by atoms with Gasteiger partial charge in [-0.2, -0.15) is 0 Å². The molecule has 0 aromatic heterocycles. The minimum atomic E-state index is -1.43. The molecule has 0 heterocycles. The standard InChI is InChI=1S/C13H37N2OPSi3/c1-13(2,3)16-17(14-18(4,5)6)15(19(7,8)9)20(10,11)12/h14H,1-12H3. The normalized spacial score (nSPS) is 16.6. The number of rotatable bonds is 6. The van der Waals surface area contributed by atoms with E-state index >= 15 is 0 Å². The van der Waals surface area contributed by atoms with Crippen LogP contribution in [0, 0.1) is 0 Å². The zero-order valence-corrected chi connectivity index (χ0v) is 19.7. The molecule has 3 nitrogen and oxygen atoms in total. The lowest BCUT2D eigenvalue weighted by Gasteiger charge is -2.50. The smallest absolute Gasteiger partial charge is 0.164 e. The van der Waals surface area contributed by atoms with E-state index in [9.17, 15) is 0 Å². The van der Waals surface area contributed by atoms with Gasteiger partial charge in [-0.15, -0.1) is 0 Å². The summed E-state index contributed by atoms with van der Waals surface area (Å²) in [6, 6.07) is 0. The Kier molecular flexibility index (Phi) is 6.92. The quantitative estimate of drug-likeness (QED) is 0.510. The molecule has 0 spiro atoms. The van der Waals surface area contributed by atoms with E-state index in [1.165, 1.54) is 0 Å². The first-order valence-corrected chi connectivity index (χ1v) is 19.1. The predicted octanol–water partition coefficient (Wildman–Crippen LogP) is 5.42. The van der Waals surface area contributed by atoms with Crippen LogP contribution in [-0.2, 0) is 4.52 Å². The number of nitrogens with one attached hydrogen (secondary N) is 1. The summed E-state index contributed by atoms with van der Waals surface area (Å²) < 4.78 is 13.2. The van der Waals surface area contributed by atoms with Crippen molar-refractivity contribution in [2.45, 2.75) is 85.3 Å². The Hall–Kier alpha value is 0.961. The maximum absolute atomic E-state index is 6.51. The molecule has 0 rings (SSSR count). The van der Waals surface area contributed by atoms with Gasteiger partial charge in [0.25, 0.3) is 0 Å². The second-order valence-corrected chi connectivity index (χ2v) is 26.8. The minimum absolute atomic E-state index is 0.101. The summed E-state index contributed by atoms with van der Waals surface area (Å²) in [7, 11) is -4.94. The molecule has 0 aliphatic rings. The van der Waals surface area contributed by atoms with Crippen molar-refractivity contribution >= 4 is 33.2 Å². The Bertz CT molecular complexity index is 284.